The number of rotatable bonds is 6. The first-order valence-electron chi connectivity index (χ1n) is 6.63. The fourth-order valence-electron chi connectivity index (χ4n) is 1.74. The molecule has 0 aliphatic heterocycles. The number of anilines is 1. The molecule has 0 unspecified atom stereocenters. The quantitative estimate of drug-likeness (QED) is 0.576. The van der Waals surface area contributed by atoms with Crippen LogP contribution in [0.4, 0.5) is 5.69 Å². The van der Waals surface area contributed by atoms with Crippen molar-refractivity contribution in [1.82, 2.24) is 0 Å². The van der Waals surface area contributed by atoms with Gasteiger partial charge >= 0.3 is 0 Å². The second kappa shape index (κ2) is 8.32. The number of benzene rings is 2. The molecule has 0 heterocycles. The molecule has 0 radical (unpaired) electrons. The Hall–Kier alpha value is -1.36. The Labute approximate surface area is 144 Å². The van der Waals surface area contributed by atoms with Gasteiger partial charge in [-0.3, -0.25) is 4.79 Å². The average Bonchev–Trinajstić information content (AvgIpc) is 2.46. The molecule has 0 atom stereocenters. The zero-order chi connectivity index (χ0) is 15.9. The fourth-order valence-corrected chi connectivity index (χ4v) is 2.94. The van der Waals surface area contributed by atoms with Crippen molar-refractivity contribution in [3.63, 3.8) is 0 Å². The van der Waals surface area contributed by atoms with Crippen LogP contribution in [0, 0.1) is 0 Å². The van der Waals surface area contributed by atoms with Gasteiger partial charge in [-0.25, -0.2) is 0 Å². The summed E-state index contributed by atoms with van der Waals surface area (Å²) >= 11 is 13.5. The van der Waals surface area contributed by atoms with Crippen LogP contribution in [0.2, 0.25) is 10.0 Å². The Bertz CT molecular complexity index is 647. The van der Waals surface area contributed by atoms with Crippen LogP contribution < -0.4 is 10.1 Å². The molecule has 0 aliphatic rings. The van der Waals surface area contributed by atoms with Crippen molar-refractivity contribution in [2.45, 2.75) is 11.8 Å². The van der Waals surface area contributed by atoms with Gasteiger partial charge in [-0.2, -0.15) is 0 Å². The predicted molar refractivity (Wildman–Crippen MR) is 93.4 cm³/mol. The largest absolute Gasteiger partial charge is 0.491 e. The number of carbonyl (C=O) groups is 1. The molecular formula is C16H15Cl2NO2S. The molecule has 22 heavy (non-hydrogen) atoms. The van der Waals surface area contributed by atoms with Crippen LogP contribution in [0.25, 0.3) is 0 Å². The fraction of sp³-hybridized carbons (Fsp3) is 0.188. The van der Waals surface area contributed by atoms with E-state index in [2.05, 4.69) is 5.32 Å². The number of thioether (sulfide) groups is 1. The zero-order valence-corrected chi connectivity index (χ0v) is 14.3. The van der Waals surface area contributed by atoms with E-state index >= 15 is 0 Å². The van der Waals surface area contributed by atoms with Crippen molar-refractivity contribution < 1.29 is 9.53 Å². The summed E-state index contributed by atoms with van der Waals surface area (Å²) in [5, 5.41) is 3.83. The first-order chi connectivity index (χ1) is 10.5. The summed E-state index contributed by atoms with van der Waals surface area (Å²) in [7, 11) is 0. The Balaban J connectivity index is 1.77. The number of hydrogen-bond acceptors (Lipinski definition) is 3. The van der Waals surface area contributed by atoms with Crippen LogP contribution in [0.5, 0.6) is 5.75 Å². The van der Waals surface area contributed by atoms with Gasteiger partial charge in [0.1, 0.15) is 5.75 Å². The van der Waals surface area contributed by atoms with E-state index in [9.17, 15) is 4.79 Å². The Morgan fingerprint density at radius 1 is 1.18 bits per heavy atom. The number of amides is 1. The normalized spacial score (nSPS) is 10.3. The topological polar surface area (TPSA) is 38.3 Å². The summed E-state index contributed by atoms with van der Waals surface area (Å²) in [5.74, 6) is 1.35. The van der Waals surface area contributed by atoms with Crippen molar-refractivity contribution in [3.05, 3.63) is 52.5 Å². The minimum absolute atomic E-state index is 0.0753. The lowest BCUT2D eigenvalue weighted by Gasteiger charge is -2.08. The lowest BCUT2D eigenvalue weighted by atomic mass is 10.3. The molecule has 3 nitrogen and oxygen atoms in total. The van der Waals surface area contributed by atoms with Gasteiger partial charge in [0.25, 0.3) is 0 Å². The standard InChI is InChI=1S/C16H15Cl2NO2S/c1-11(20)19-13-3-5-14(6-4-13)22-9-8-21-16-7-2-12(17)10-15(16)18/h2-7,10H,8-9H2,1H3,(H,19,20). The molecule has 0 fully saturated rings. The van der Waals surface area contributed by atoms with Crippen LogP contribution in [-0.2, 0) is 4.79 Å². The molecule has 0 saturated heterocycles. The van der Waals surface area contributed by atoms with Crippen LogP contribution in [-0.4, -0.2) is 18.3 Å². The molecule has 2 aromatic rings. The summed E-state index contributed by atoms with van der Waals surface area (Å²) in [6, 6.07) is 12.8. The van der Waals surface area contributed by atoms with Crippen molar-refractivity contribution in [3.8, 4) is 5.75 Å². The smallest absolute Gasteiger partial charge is 0.221 e. The summed E-state index contributed by atoms with van der Waals surface area (Å²) in [5.41, 5.74) is 0.793. The second-order valence-corrected chi connectivity index (χ2v) is 6.49. The highest BCUT2D eigenvalue weighted by Gasteiger charge is 2.02. The van der Waals surface area contributed by atoms with E-state index in [1.54, 1.807) is 30.0 Å². The van der Waals surface area contributed by atoms with E-state index < -0.39 is 0 Å². The molecule has 1 N–H and O–H groups in total. The first kappa shape index (κ1) is 17.0. The van der Waals surface area contributed by atoms with Crippen molar-refractivity contribution in [1.29, 1.82) is 0 Å². The Morgan fingerprint density at radius 2 is 1.91 bits per heavy atom. The maximum absolute atomic E-state index is 10.9. The van der Waals surface area contributed by atoms with E-state index in [-0.39, 0.29) is 5.91 Å². The maximum Gasteiger partial charge on any atom is 0.221 e. The second-order valence-electron chi connectivity index (χ2n) is 4.48. The number of hydrogen-bond donors (Lipinski definition) is 1. The van der Waals surface area contributed by atoms with E-state index in [1.807, 2.05) is 24.3 Å². The van der Waals surface area contributed by atoms with E-state index in [0.717, 1.165) is 16.3 Å². The minimum Gasteiger partial charge on any atom is -0.491 e. The summed E-state index contributed by atoms with van der Waals surface area (Å²) in [6.07, 6.45) is 0. The van der Waals surface area contributed by atoms with Crippen molar-refractivity contribution in [2.24, 2.45) is 0 Å². The lowest BCUT2D eigenvalue weighted by molar-refractivity contribution is -0.114. The Morgan fingerprint density at radius 3 is 2.55 bits per heavy atom. The Kier molecular flexibility index (Phi) is 6.43. The van der Waals surface area contributed by atoms with E-state index in [0.29, 0.717) is 22.4 Å². The van der Waals surface area contributed by atoms with Gasteiger partial charge in [-0.05, 0) is 42.5 Å². The predicted octanol–water partition coefficient (Wildman–Crippen LogP) is 5.12. The third-order valence-corrected chi connectivity index (χ3v) is 4.18. The molecule has 2 rings (SSSR count). The number of ether oxygens (including phenoxy) is 1. The monoisotopic (exact) mass is 355 g/mol. The molecule has 0 saturated carbocycles. The summed E-state index contributed by atoms with van der Waals surface area (Å²) in [4.78, 5) is 12.1. The minimum atomic E-state index is -0.0753. The average molecular weight is 356 g/mol. The van der Waals surface area contributed by atoms with Crippen LogP contribution in [0.3, 0.4) is 0 Å². The highest BCUT2D eigenvalue weighted by atomic mass is 35.5. The molecule has 0 aliphatic carbocycles. The maximum atomic E-state index is 10.9. The van der Waals surface area contributed by atoms with Gasteiger partial charge in [0.2, 0.25) is 5.91 Å². The summed E-state index contributed by atoms with van der Waals surface area (Å²) in [6.45, 7) is 2.03. The molecule has 1 amide bonds. The molecule has 116 valence electrons. The molecule has 0 bridgehead atoms. The molecule has 2 aromatic carbocycles. The number of carbonyl (C=O) groups excluding carboxylic acids is 1. The molecule has 0 aromatic heterocycles. The van der Waals surface area contributed by atoms with Gasteiger partial charge in [0.15, 0.2) is 0 Å². The highest BCUT2D eigenvalue weighted by Crippen LogP contribution is 2.28. The van der Waals surface area contributed by atoms with Gasteiger partial charge in [0.05, 0.1) is 11.6 Å². The third kappa shape index (κ3) is 5.44. The first-order valence-corrected chi connectivity index (χ1v) is 8.37. The van der Waals surface area contributed by atoms with Crippen LogP contribution in [0.15, 0.2) is 47.4 Å². The molecule has 0 spiro atoms. The van der Waals surface area contributed by atoms with E-state index in [4.69, 9.17) is 27.9 Å². The van der Waals surface area contributed by atoms with Crippen LogP contribution >= 0.6 is 35.0 Å². The van der Waals surface area contributed by atoms with Crippen LogP contribution in [0.1, 0.15) is 6.92 Å². The SMILES string of the molecule is CC(=O)Nc1ccc(SCCOc2ccc(Cl)cc2Cl)cc1. The zero-order valence-electron chi connectivity index (χ0n) is 11.9. The van der Waals surface area contributed by atoms with Gasteiger partial charge in [-0.15, -0.1) is 11.8 Å². The highest BCUT2D eigenvalue weighted by molar-refractivity contribution is 7.99. The van der Waals surface area contributed by atoms with Gasteiger partial charge in [0, 0.05) is 28.3 Å². The number of halogens is 2. The van der Waals surface area contributed by atoms with Crippen molar-refractivity contribution >= 4 is 46.6 Å². The molecule has 6 heteroatoms. The third-order valence-electron chi connectivity index (χ3n) is 2.68. The van der Waals surface area contributed by atoms with Gasteiger partial charge in [-0.1, -0.05) is 23.2 Å². The summed E-state index contributed by atoms with van der Waals surface area (Å²) < 4.78 is 5.62. The molecular weight excluding hydrogens is 341 g/mol. The lowest BCUT2D eigenvalue weighted by Crippen LogP contribution is -2.05. The van der Waals surface area contributed by atoms with Crippen molar-refractivity contribution in [2.75, 3.05) is 17.7 Å². The van der Waals surface area contributed by atoms with E-state index in [1.165, 1.54) is 6.92 Å². The van der Waals surface area contributed by atoms with Gasteiger partial charge < -0.3 is 10.1 Å². The number of nitrogens with one attached hydrogen (secondary N) is 1.